The Bertz CT molecular complexity index is 863. The molecule has 1 unspecified atom stereocenters. The van der Waals surface area contributed by atoms with Gasteiger partial charge in [-0.1, -0.05) is 18.2 Å². The minimum absolute atomic E-state index is 0.0179. The van der Waals surface area contributed by atoms with Crippen LogP contribution in [-0.2, 0) is 4.79 Å². The van der Waals surface area contributed by atoms with E-state index in [2.05, 4.69) is 9.88 Å². The minimum Gasteiger partial charge on any atom is -0.347 e. The number of hydrogen-bond acceptors (Lipinski definition) is 4. The molecule has 2 aliphatic heterocycles. The SMILES string of the molecule is CC(C(=O)N(C)C)N1C[C@@H]2CCN(C(=O)c3cn(-c4ccccc4)cn3)[C@@H]2C1. The van der Waals surface area contributed by atoms with E-state index in [4.69, 9.17) is 0 Å². The van der Waals surface area contributed by atoms with Crippen molar-refractivity contribution in [2.75, 3.05) is 33.7 Å². The molecule has 28 heavy (non-hydrogen) atoms. The summed E-state index contributed by atoms with van der Waals surface area (Å²) in [6.07, 6.45) is 4.47. The van der Waals surface area contributed by atoms with Crippen LogP contribution in [0.2, 0.25) is 0 Å². The van der Waals surface area contributed by atoms with Crippen LogP contribution in [0.4, 0.5) is 0 Å². The maximum atomic E-state index is 13.1. The predicted molar refractivity (Wildman–Crippen MR) is 106 cm³/mol. The van der Waals surface area contributed by atoms with Crippen molar-refractivity contribution in [3.05, 3.63) is 48.5 Å². The number of para-hydroxylation sites is 1. The van der Waals surface area contributed by atoms with Gasteiger partial charge in [-0.25, -0.2) is 4.98 Å². The van der Waals surface area contributed by atoms with Crippen molar-refractivity contribution in [3.8, 4) is 5.69 Å². The molecule has 2 aliphatic rings. The van der Waals surface area contributed by atoms with E-state index in [1.165, 1.54) is 0 Å². The Morgan fingerprint density at radius 3 is 2.64 bits per heavy atom. The molecule has 2 fully saturated rings. The normalized spacial score (nSPS) is 22.9. The van der Waals surface area contributed by atoms with E-state index in [1.54, 1.807) is 31.5 Å². The summed E-state index contributed by atoms with van der Waals surface area (Å²) in [6.45, 7) is 4.33. The zero-order valence-electron chi connectivity index (χ0n) is 16.7. The van der Waals surface area contributed by atoms with Crippen LogP contribution in [0.1, 0.15) is 23.8 Å². The fourth-order valence-corrected chi connectivity index (χ4v) is 4.41. The second kappa shape index (κ2) is 7.39. The van der Waals surface area contributed by atoms with E-state index in [0.717, 1.165) is 31.7 Å². The van der Waals surface area contributed by atoms with Crippen molar-refractivity contribution in [1.29, 1.82) is 0 Å². The molecular weight excluding hydrogens is 354 g/mol. The second-order valence-corrected chi connectivity index (χ2v) is 7.98. The van der Waals surface area contributed by atoms with E-state index >= 15 is 0 Å². The lowest BCUT2D eigenvalue weighted by atomic mass is 10.1. The van der Waals surface area contributed by atoms with Crippen LogP contribution in [-0.4, -0.2) is 81.9 Å². The Morgan fingerprint density at radius 2 is 1.93 bits per heavy atom. The van der Waals surface area contributed by atoms with E-state index in [-0.39, 0.29) is 23.9 Å². The number of likely N-dealkylation sites (tertiary alicyclic amines) is 2. The molecule has 3 heterocycles. The highest BCUT2D eigenvalue weighted by atomic mass is 16.2. The molecule has 1 aromatic carbocycles. The lowest BCUT2D eigenvalue weighted by Gasteiger charge is -2.28. The number of carbonyl (C=O) groups excluding carboxylic acids is 2. The lowest BCUT2D eigenvalue weighted by Crippen LogP contribution is -2.46. The maximum absolute atomic E-state index is 13.1. The van der Waals surface area contributed by atoms with Crippen LogP contribution >= 0.6 is 0 Å². The van der Waals surface area contributed by atoms with Gasteiger partial charge in [0.25, 0.3) is 5.91 Å². The molecule has 1 aromatic heterocycles. The molecule has 0 radical (unpaired) electrons. The van der Waals surface area contributed by atoms with Gasteiger partial charge in [0.05, 0.1) is 6.04 Å². The van der Waals surface area contributed by atoms with Gasteiger partial charge < -0.3 is 14.4 Å². The van der Waals surface area contributed by atoms with Crippen LogP contribution in [0, 0.1) is 5.92 Å². The summed E-state index contributed by atoms with van der Waals surface area (Å²) >= 11 is 0. The molecule has 7 heteroatoms. The van der Waals surface area contributed by atoms with E-state index in [0.29, 0.717) is 11.6 Å². The van der Waals surface area contributed by atoms with Crippen LogP contribution in [0.3, 0.4) is 0 Å². The van der Waals surface area contributed by atoms with Gasteiger partial charge in [-0.2, -0.15) is 0 Å². The average molecular weight is 381 g/mol. The topological polar surface area (TPSA) is 61.7 Å². The van der Waals surface area contributed by atoms with Crippen LogP contribution in [0.25, 0.3) is 5.69 Å². The van der Waals surface area contributed by atoms with Gasteiger partial charge in [0.2, 0.25) is 5.91 Å². The van der Waals surface area contributed by atoms with Crippen LogP contribution in [0.5, 0.6) is 0 Å². The Kier molecular flexibility index (Phi) is 4.93. The summed E-state index contributed by atoms with van der Waals surface area (Å²) in [5.41, 5.74) is 1.46. The smallest absolute Gasteiger partial charge is 0.274 e. The summed E-state index contributed by atoms with van der Waals surface area (Å²) in [4.78, 5) is 35.6. The minimum atomic E-state index is -0.158. The van der Waals surface area contributed by atoms with Gasteiger partial charge in [-0.05, 0) is 31.4 Å². The molecule has 0 spiro atoms. The third-order valence-electron chi connectivity index (χ3n) is 6.04. The monoisotopic (exact) mass is 381 g/mol. The Labute approximate surface area is 165 Å². The first-order chi connectivity index (χ1) is 13.5. The Hall–Kier alpha value is -2.67. The van der Waals surface area contributed by atoms with Crippen molar-refractivity contribution >= 4 is 11.8 Å². The first-order valence-corrected chi connectivity index (χ1v) is 9.81. The first-order valence-electron chi connectivity index (χ1n) is 9.81. The summed E-state index contributed by atoms with van der Waals surface area (Å²) < 4.78 is 1.87. The van der Waals surface area contributed by atoms with Gasteiger partial charge in [0.1, 0.15) is 12.0 Å². The fourth-order valence-electron chi connectivity index (χ4n) is 4.41. The first kappa shape index (κ1) is 18.7. The number of carbonyl (C=O) groups is 2. The number of hydrogen-bond donors (Lipinski definition) is 0. The number of aromatic nitrogens is 2. The number of imidazole rings is 1. The second-order valence-electron chi connectivity index (χ2n) is 7.98. The third-order valence-corrected chi connectivity index (χ3v) is 6.04. The van der Waals surface area contributed by atoms with Gasteiger partial charge in [0.15, 0.2) is 0 Å². The number of rotatable bonds is 4. The van der Waals surface area contributed by atoms with Crippen molar-refractivity contribution in [3.63, 3.8) is 0 Å². The zero-order chi connectivity index (χ0) is 19.8. The lowest BCUT2D eigenvalue weighted by molar-refractivity contribution is -0.133. The van der Waals surface area contributed by atoms with Crippen LogP contribution < -0.4 is 0 Å². The van der Waals surface area contributed by atoms with E-state index in [9.17, 15) is 9.59 Å². The molecule has 3 atom stereocenters. The molecular formula is C21H27N5O2. The standard InChI is InChI=1S/C21H27N5O2/c1-15(20(27)23(2)3)24-11-16-9-10-26(19(16)13-24)21(28)18-12-25(14-22-18)17-7-5-4-6-8-17/h4-8,12,14-16,19H,9-11,13H2,1-3H3/t15?,16-,19+/m0/s1. The largest absolute Gasteiger partial charge is 0.347 e. The Morgan fingerprint density at radius 1 is 1.18 bits per heavy atom. The molecule has 148 valence electrons. The number of fused-ring (bicyclic) bond motifs is 1. The highest BCUT2D eigenvalue weighted by Gasteiger charge is 2.45. The van der Waals surface area contributed by atoms with E-state index < -0.39 is 0 Å². The van der Waals surface area contributed by atoms with Gasteiger partial charge in [-0.15, -0.1) is 0 Å². The average Bonchev–Trinajstić information content (AvgIpc) is 3.42. The molecule has 2 saturated heterocycles. The van der Waals surface area contributed by atoms with Crippen molar-refractivity contribution in [2.24, 2.45) is 5.92 Å². The quantitative estimate of drug-likeness (QED) is 0.805. The number of benzene rings is 1. The summed E-state index contributed by atoms with van der Waals surface area (Å²) in [5, 5.41) is 0. The zero-order valence-corrected chi connectivity index (χ0v) is 16.7. The Balaban J connectivity index is 1.46. The molecule has 4 rings (SSSR count). The molecule has 0 bridgehead atoms. The van der Waals surface area contributed by atoms with Crippen molar-refractivity contribution in [2.45, 2.75) is 25.4 Å². The maximum Gasteiger partial charge on any atom is 0.274 e. The highest BCUT2D eigenvalue weighted by molar-refractivity contribution is 5.92. The van der Waals surface area contributed by atoms with Gasteiger partial charge in [0, 0.05) is 51.7 Å². The molecule has 7 nitrogen and oxygen atoms in total. The predicted octanol–water partition coefficient (Wildman–Crippen LogP) is 1.50. The summed E-state index contributed by atoms with van der Waals surface area (Å²) in [6, 6.07) is 9.86. The molecule has 0 N–H and O–H groups in total. The molecule has 2 aromatic rings. The fraction of sp³-hybridized carbons (Fsp3) is 0.476. The number of nitrogens with zero attached hydrogens (tertiary/aromatic N) is 5. The van der Waals surface area contributed by atoms with Crippen LogP contribution in [0.15, 0.2) is 42.9 Å². The molecule has 0 saturated carbocycles. The summed E-state index contributed by atoms with van der Waals surface area (Å²) in [5.74, 6) is 0.521. The van der Waals surface area contributed by atoms with E-state index in [1.807, 2.05) is 46.7 Å². The molecule has 2 amide bonds. The molecule has 0 aliphatic carbocycles. The summed E-state index contributed by atoms with van der Waals surface area (Å²) in [7, 11) is 3.57. The van der Waals surface area contributed by atoms with Gasteiger partial charge in [-0.3, -0.25) is 14.5 Å². The van der Waals surface area contributed by atoms with Crippen molar-refractivity contribution in [1.82, 2.24) is 24.3 Å². The number of likely N-dealkylation sites (N-methyl/N-ethyl adjacent to an activating group) is 1. The number of amides is 2. The van der Waals surface area contributed by atoms with Gasteiger partial charge >= 0.3 is 0 Å². The third kappa shape index (κ3) is 3.30. The highest BCUT2D eigenvalue weighted by Crippen LogP contribution is 2.33. The van der Waals surface area contributed by atoms with Crippen molar-refractivity contribution < 1.29 is 9.59 Å².